The van der Waals surface area contributed by atoms with Gasteiger partial charge in [-0.2, -0.15) is 0 Å². The van der Waals surface area contributed by atoms with Crippen molar-refractivity contribution in [1.82, 2.24) is 5.16 Å². The van der Waals surface area contributed by atoms with Crippen LogP contribution in [-0.4, -0.2) is 37.4 Å². The Morgan fingerprint density at radius 2 is 2.25 bits per heavy atom. The van der Waals surface area contributed by atoms with E-state index in [2.05, 4.69) is 19.9 Å². The summed E-state index contributed by atoms with van der Waals surface area (Å²) in [6, 6.07) is 1.55. The van der Waals surface area contributed by atoms with Crippen molar-refractivity contribution in [1.29, 1.82) is 0 Å². The molecule has 0 aliphatic rings. The van der Waals surface area contributed by atoms with Gasteiger partial charge < -0.3 is 19.3 Å². The standard InChI is InChI=1S/C9H12N2O5/c1-6-3-7(11-16-6)10-8(12)4-15-9(13)5-14-2/h3H,4-5H2,1-2H3,(H,10,11,12). The summed E-state index contributed by atoms with van der Waals surface area (Å²) >= 11 is 0. The van der Waals surface area contributed by atoms with Gasteiger partial charge in [0.15, 0.2) is 12.4 Å². The summed E-state index contributed by atoms with van der Waals surface area (Å²) in [6.45, 7) is 1.13. The van der Waals surface area contributed by atoms with Crippen LogP contribution in [0.5, 0.6) is 0 Å². The smallest absolute Gasteiger partial charge is 0.332 e. The summed E-state index contributed by atoms with van der Waals surface area (Å²) in [5, 5.41) is 5.95. The highest BCUT2D eigenvalue weighted by Gasteiger charge is 2.09. The highest BCUT2D eigenvalue weighted by Crippen LogP contribution is 2.06. The minimum atomic E-state index is -0.603. The van der Waals surface area contributed by atoms with E-state index in [4.69, 9.17) is 4.52 Å². The highest BCUT2D eigenvalue weighted by molar-refractivity contribution is 5.91. The monoisotopic (exact) mass is 228 g/mol. The number of nitrogens with zero attached hydrogens (tertiary/aromatic N) is 1. The Bertz CT molecular complexity index is 374. The van der Waals surface area contributed by atoms with Gasteiger partial charge in [-0.05, 0) is 6.92 Å². The van der Waals surface area contributed by atoms with Crippen molar-refractivity contribution in [2.24, 2.45) is 0 Å². The first-order valence-electron chi connectivity index (χ1n) is 4.49. The predicted molar refractivity (Wildman–Crippen MR) is 52.7 cm³/mol. The zero-order valence-electron chi connectivity index (χ0n) is 8.98. The molecule has 1 rings (SSSR count). The van der Waals surface area contributed by atoms with E-state index in [-0.39, 0.29) is 19.0 Å². The van der Waals surface area contributed by atoms with Gasteiger partial charge in [-0.25, -0.2) is 4.79 Å². The number of ether oxygens (including phenoxy) is 2. The van der Waals surface area contributed by atoms with E-state index in [9.17, 15) is 9.59 Å². The second-order valence-electron chi connectivity index (χ2n) is 2.96. The Kier molecular flexibility index (Phi) is 4.46. The van der Waals surface area contributed by atoms with E-state index in [1.807, 2.05) is 0 Å². The Labute approximate surface area is 91.7 Å². The molecule has 1 aromatic rings. The second-order valence-corrected chi connectivity index (χ2v) is 2.96. The van der Waals surface area contributed by atoms with Gasteiger partial charge in [-0.15, -0.1) is 0 Å². The molecular formula is C9H12N2O5. The molecule has 0 aliphatic heterocycles. The lowest BCUT2D eigenvalue weighted by atomic mass is 10.5. The first kappa shape index (κ1) is 12.2. The number of anilines is 1. The van der Waals surface area contributed by atoms with Gasteiger partial charge >= 0.3 is 5.97 Å². The van der Waals surface area contributed by atoms with E-state index >= 15 is 0 Å². The zero-order valence-corrected chi connectivity index (χ0v) is 8.98. The number of carbonyl (C=O) groups is 2. The molecule has 0 fully saturated rings. The van der Waals surface area contributed by atoms with Crippen LogP contribution in [0.2, 0.25) is 0 Å². The second kappa shape index (κ2) is 5.86. The molecule has 0 aliphatic carbocycles. The predicted octanol–water partition coefficient (Wildman–Crippen LogP) is 0.111. The van der Waals surface area contributed by atoms with Gasteiger partial charge in [0.2, 0.25) is 0 Å². The lowest BCUT2D eigenvalue weighted by molar-refractivity contribution is -0.150. The number of amides is 1. The Morgan fingerprint density at radius 3 is 2.81 bits per heavy atom. The molecular weight excluding hydrogens is 216 g/mol. The maximum atomic E-state index is 11.2. The number of aryl methyl sites for hydroxylation is 1. The van der Waals surface area contributed by atoms with Crippen LogP contribution in [-0.2, 0) is 19.1 Å². The molecule has 0 radical (unpaired) electrons. The van der Waals surface area contributed by atoms with E-state index in [0.717, 1.165) is 0 Å². The van der Waals surface area contributed by atoms with Crippen molar-refractivity contribution in [3.8, 4) is 0 Å². The summed E-state index contributed by atoms with van der Waals surface area (Å²) in [7, 11) is 1.36. The fourth-order valence-corrected chi connectivity index (χ4v) is 0.910. The summed E-state index contributed by atoms with van der Waals surface area (Å²) in [5.74, 6) is -0.233. The van der Waals surface area contributed by atoms with Crippen molar-refractivity contribution in [3.63, 3.8) is 0 Å². The number of methoxy groups -OCH3 is 1. The number of carbonyl (C=O) groups excluding carboxylic acids is 2. The fourth-order valence-electron chi connectivity index (χ4n) is 0.910. The van der Waals surface area contributed by atoms with Crippen molar-refractivity contribution in [2.75, 3.05) is 25.6 Å². The maximum absolute atomic E-state index is 11.2. The summed E-state index contributed by atoms with van der Waals surface area (Å²) in [4.78, 5) is 22.1. The largest absolute Gasteiger partial charge is 0.454 e. The van der Waals surface area contributed by atoms with Crippen LogP contribution in [0.3, 0.4) is 0 Å². The van der Waals surface area contributed by atoms with Crippen LogP contribution in [0.4, 0.5) is 5.82 Å². The van der Waals surface area contributed by atoms with Gasteiger partial charge in [0, 0.05) is 13.2 Å². The molecule has 0 bridgehead atoms. The molecule has 16 heavy (non-hydrogen) atoms. The topological polar surface area (TPSA) is 90.7 Å². The van der Waals surface area contributed by atoms with Crippen LogP contribution < -0.4 is 5.32 Å². The molecule has 0 saturated heterocycles. The normalized spacial score (nSPS) is 9.88. The van der Waals surface area contributed by atoms with E-state index in [0.29, 0.717) is 5.76 Å². The summed E-state index contributed by atoms with van der Waals surface area (Å²) < 4.78 is 13.8. The molecule has 1 aromatic heterocycles. The first-order valence-corrected chi connectivity index (χ1v) is 4.49. The third-order valence-electron chi connectivity index (χ3n) is 1.52. The molecule has 0 spiro atoms. The van der Waals surface area contributed by atoms with Crippen molar-refractivity contribution < 1.29 is 23.6 Å². The Balaban J connectivity index is 2.28. The number of hydrogen-bond donors (Lipinski definition) is 1. The molecule has 7 nitrogen and oxygen atoms in total. The maximum Gasteiger partial charge on any atom is 0.332 e. The SMILES string of the molecule is COCC(=O)OCC(=O)Nc1cc(C)on1. The van der Waals surface area contributed by atoms with Gasteiger partial charge in [0.05, 0.1) is 0 Å². The van der Waals surface area contributed by atoms with Crippen LogP contribution >= 0.6 is 0 Å². The number of aromatic nitrogens is 1. The number of rotatable bonds is 5. The Hall–Kier alpha value is -1.89. The fraction of sp³-hybridized carbons (Fsp3) is 0.444. The van der Waals surface area contributed by atoms with Crippen LogP contribution in [0.1, 0.15) is 5.76 Å². The average Bonchev–Trinajstić information content (AvgIpc) is 2.61. The van der Waals surface area contributed by atoms with Crippen molar-refractivity contribution in [2.45, 2.75) is 6.92 Å². The van der Waals surface area contributed by atoms with Gasteiger partial charge in [-0.1, -0.05) is 5.16 Å². The average molecular weight is 228 g/mol. The van der Waals surface area contributed by atoms with E-state index in [1.165, 1.54) is 7.11 Å². The zero-order chi connectivity index (χ0) is 12.0. The number of hydrogen-bond acceptors (Lipinski definition) is 6. The molecule has 88 valence electrons. The van der Waals surface area contributed by atoms with E-state index in [1.54, 1.807) is 13.0 Å². The minimum absolute atomic E-state index is 0.184. The molecule has 0 saturated carbocycles. The summed E-state index contributed by atoms with van der Waals surface area (Å²) in [5.41, 5.74) is 0. The molecule has 0 aromatic carbocycles. The number of nitrogens with one attached hydrogen (secondary N) is 1. The quantitative estimate of drug-likeness (QED) is 0.719. The molecule has 0 unspecified atom stereocenters. The van der Waals surface area contributed by atoms with Crippen molar-refractivity contribution in [3.05, 3.63) is 11.8 Å². The molecule has 7 heteroatoms. The lowest BCUT2D eigenvalue weighted by Crippen LogP contribution is -2.22. The molecule has 0 atom stereocenters. The van der Waals surface area contributed by atoms with Gasteiger partial charge in [0.25, 0.3) is 5.91 Å². The van der Waals surface area contributed by atoms with Crippen molar-refractivity contribution >= 4 is 17.7 Å². The minimum Gasteiger partial charge on any atom is -0.454 e. The lowest BCUT2D eigenvalue weighted by Gasteiger charge is -2.03. The van der Waals surface area contributed by atoms with Crippen LogP contribution in [0, 0.1) is 6.92 Å². The third-order valence-corrected chi connectivity index (χ3v) is 1.52. The highest BCUT2D eigenvalue weighted by atomic mass is 16.6. The van der Waals surface area contributed by atoms with Gasteiger partial charge in [-0.3, -0.25) is 4.79 Å². The molecule has 1 heterocycles. The molecule has 1 amide bonds. The first-order chi connectivity index (χ1) is 7.61. The van der Waals surface area contributed by atoms with Crippen LogP contribution in [0.15, 0.2) is 10.6 Å². The van der Waals surface area contributed by atoms with E-state index < -0.39 is 11.9 Å². The van der Waals surface area contributed by atoms with Crippen LogP contribution in [0.25, 0.3) is 0 Å². The Morgan fingerprint density at radius 1 is 1.50 bits per heavy atom. The number of esters is 1. The third kappa shape index (κ3) is 4.09. The molecule has 1 N–H and O–H groups in total. The summed E-state index contributed by atoms with van der Waals surface area (Å²) in [6.07, 6.45) is 0. The van der Waals surface area contributed by atoms with Gasteiger partial charge in [0.1, 0.15) is 12.4 Å².